The second-order valence-electron chi connectivity index (χ2n) is 9.26. The van der Waals surface area contributed by atoms with E-state index in [2.05, 4.69) is 10.4 Å². The van der Waals surface area contributed by atoms with Gasteiger partial charge < -0.3 is 14.5 Å². The van der Waals surface area contributed by atoms with Crippen molar-refractivity contribution in [2.24, 2.45) is 0 Å². The largest absolute Gasteiger partial charge is 0.497 e. The summed E-state index contributed by atoms with van der Waals surface area (Å²) in [6.45, 7) is 6.30. The Balaban J connectivity index is 1.52. The number of nitrogens with zero attached hydrogens (tertiary/aromatic N) is 3. The Morgan fingerprint density at radius 1 is 1.11 bits per heavy atom. The number of aryl methyl sites for hydroxylation is 2. The van der Waals surface area contributed by atoms with Gasteiger partial charge in [-0.1, -0.05) is 18.2 Å². The molecule has 0 bridgehead atoms. The van der Waals surface area contributed by atoms with Gasteiger partial charge in [0.1, 0.15) is 22.7 Å². The molecule has 2 aromatic heterocycles. The molecule has 0 unspecified atom stereocenters. The number of carbonyl (C=O) groups excluding carboxylic acids is 2. The Labute approximate surface area is 209 Å². The molecule has 2 amide bonds. The van der Waals surface area contributed by atoms with Crippen molar-refractivity contribution in [2.45, 2.75) is 39.4 Å². The zero-order valence-corrected chi connectivity index (χ0v) is 20.7. The summed E-state index contributed by atoms with van der Waals surface area (Å²) in [5, 5.41) is 7.63. The van der Waals surface area contributed by atoms with Crippen molar-refractivity contribution in [3.05, 3.63) is 89.3 Å². The number of benzene rings is 2. The van der Waals surface area contributed by atoms with Gasteiger partial charge in [0.2, 0.25) is 5.91 Å². The molecule has 8 nitrogen and oxygen atoms in total. The summed E-state index contributed by atoms with van der Waals surface area (Å²) < 4.78 is 12.3. The van der Waals surface area contributed by atoms with E-state index in [1.54, 1.807) is 48.1 Å². The highest BCUT2D eigenvalue weighted by atomic mass is 16.5. The third-order valence-electron chi connectivity index (χ3n) is 6.78. The first-order valence-electron chi connectivity index (χ1n) is 11.7. The van der Waals surface area contributed by atoms with Crippen molar-refractivity contribution in [1.82, 2.24) is 15.1 Å². The Morgan fingerprint density at radius 2 is 1.89 bits per heavy atom. The van der Waals surface area contributed by atoms with Crippen LogP contribution in [0.5, 0.6) is 5.75 Å². The Hall–Kier alpha value is -4.33. The van der Waals surface area contributed by atoms with Gasteiger partial charge in [-0.15, -0.1) is 0 Å². The topological polar surface area (TPSA) is 89.6 Å². The van der Waals surface area contributed by atoms with Crippen molar-refractivity contribution in [2.75, 3.05) is 12.0 Å². The second-order valence-corrected chi connectivity index (χ2v) is 9.26. The molecule has 0 aliphatic carbocycles. The average molecular weight is 485 g/mol. The third-order valence-corrected chi connectivity index (χ3v) is 6.78. The Morgan fingerprint density at radius 3 is 2.56 bits per heavy atom. The fourth-order valence-corrected chi connectivity index (χ4v) is 4.51. The normalized spacial score (nSPS) is 17.1. The monoisotopic (exact) mass is 484 g/mol. The molecule has 0 radical (unpaired) electrons. The van der Waals surface area contributed by atoms with Crippen LogP contribution in [-0.4, -0.2) is 34.2 Å². The van der Waals surface area contributed by atoms with E-state index in [9.17, 15) is 9.59 Å². The lowest BCUT2D eigenvalue weighted by atomic mass is 9.93. The molecule has 1 aliphatic rings. The van der Waals surface area contributed by atoms with Crippen LogP contribution in [0.1, 0.15) is 34.1 Å². The predicted octanol–water partition coefficient (Wildman–Crippen LogP) is 4.50. The summed E-state index contributed by atoms with van der Waals surface area (Å²) in [6.07, 6.45) is 1.56. The van der Waals surface area contributed by atoms with E-state index in [1.807, 2.05) is 56.3 Å². The summed E-state index contributed by atoms with van der Waals surface area (Å²) in [7, 11) is 1.61. The molecule has 36 heavy (non-hydrogen) atoms. The van der Waals surface area contributed by atoms with Crippen LogP contribution >= 0.6 is 0 Å². The van der Waals surface area contributed by atoms with Gasteiger partial charge in [-0.05, 0) is 73.9 Å². The molecule has 3 heterocycles. The molecule has 0 saturated heterocycles. The number of rotatable bonds is 6. The summed E-state index contributed by atoms with van der Waals surface area (Å²) in [5.74, 6) is 0.741. The number of hydrogen-bond donors (Lipinski definition) is 1. The summed E-state index contributed by atoms with van der Waals surface area (Å²) in [4.78, 5) is 29.2. The van der Waals surface area contributed by atoms with E-state index in [0.29, 0.717) is 29.4 Å². The van der Waals surface area contributed by atoms with Crippen LogP contribution in [0.3, 0.4) is 0 Å². The molecule has 0 saturated carbocycles. The van der Waals surface area contributed by atoms with Gasteiger partial charge >= 0.3 is 0 Å². The lowest BCUT2D eigenvalue weighted by Crippen LogP contribution is -2.64. The highest BCUT2D eigenvalue weighted by Gasteiger charge is 2.49. The number of aromatic nitrogens is 2. The van der Waals surface area contributed by atoms with E-state index in [4.69, 9.17) is 9.15 Å². The number of nitrogens with one attached hydrogen (secondary N) is 1. The molecule has 0 spiro atoms. The van der Waals surface area contributed by atoms with Crippen LogP contribution in [-0.2, 0) is 17.9 Å². The smallest absolute Gasteiger partial charge is 0.277 e. The number of amides is 2. The molecule has 1 atom stereocenters. The maximum atomic E-state index is 13.9. The standard InChI is InChI=1S/C28H28N4O4/c1-18-7-10-21(14-19(18)2)32-26(33)24-15-23(25-6-5-13-36-25)30-31(24)17-28(32,3)27(34)29-16-20-8-11-22(35-4)12-9-20/h5-15H,16-17H2,1-4H3,(H,29,34)/t28-/m1/s1. The molecular formula is C28H28N4O4. The average Bonchev–Trinajstić information content (AvgIpc) is 3.55. The van der Waals surface area contributed by atoms with Gasteiger partial charge in [-0.25, -0.2) is 0 Å². The molecular weight excluding hydrogens is 456 g/mol. The van der Waals surface area contributed by atoms with Crippen molar-refractivity contribution in [3.63, 3.8) is 0 Å². The lowest BCUT2D eigenvalue weighted by molar-refractivity contribution is -0.126. The van der Waals surface area contributed by atoms with E-state index < -0.39 is 5.54 Å². The zero-order chi connectivity index (χ0) is 25.4. The number of carbonyl (C=O) groups is 2. The zero-order valence-electron chi connectivity index (χ0n) is 20.7. The van der Waals surface area contributed by atoms with Gasteiger partial charge in [0, 0.05) is 18.3 Å². The number of furan rings is 1. The molecule has 8 heteroatoms. The minimum Gasteiger partial charge on any atom is -0.497 e. The third kappa shape index (κ3) is 4.04. The van der Waals surface area contributed by atoms with Crippen LogP contribution in [0.4, 0.5) is 5.69 Å². The molecule has 1 N–H and O–H groups in total. The Kier molecular flexibility index (Phi) is 5.88. The molecule has 5 rings (SSSR count). The minimum absolute atomic E-state index is 0.191. The van der Waals surface area contributed by atoms with Gasteiger partial charge in [0.15, 0.2) is 5.76 Å². The molecule has 0 fully saturated rings. The Bertz CT molecular complexity index is 1420. The minimum atomic E-state index is -1.22. The molecule has 2 aromatic carbocycles. The maximum Gasteiger partial charge on any atom is 0.277 e. The van der Waals surface area contributed by atoms with Gasteiger partial charge in [-0.3, -0.25) is 19.2 Å². The lowest BCUT2D eigenvalue weighted by Gasteiger charge is -2.43. The number of anilines is 1. The first kappa shape index (κ1) is 23.4. The predicted molar refractivity (Wildman–Crippen MR) is 136 cm³/mol. The van der Waals surface area contributed by atoms with Crippen LogP contribution in [0.15, 0.2) is 71.3 Å². The fourth-order valence-electron chi connectivity index (χ4n) is 4.51. The van der Waals surface area contributed by atoms with Crippen LogP contribution in [0.2, 0.25) is 0 Å². The SMILES string of the molecule is COc1ccc(CNC(=O)[C@@]2(C)Cn3nc(-c4ccco4)cc3C(=O)N2c2ccc(C)c(C)c2)cc1. The van der Waals surface area contributed by atoms with E-state index in [-0.39, 0.29) is 18.4 Å². The summed E-state index contributed by atoms with van der Waals surface area (Å²) in [5.41, 5.74) is 3.47. The first-order valence-corrected chi connectivity index (χ1v) is 11.7. The van der Waals surface area contributed by atoms with Gasteiger partial charge in [-0.2, -0.15) is 5.10 Å². The number of fused-ring (bicyclic) bond motifs is 1. The highest BCUT2D eigenvalue weighted by molar-refractivity contribution is 6.12. The number of hydrogen-bond acceptors (Lipinski definition) is 5. The summed E-state index contributed by atoms with van der Waals surface area (Å²) >= 11 is 0. The molecule has 4 aromatic rings. The maximum absolute atomic E-state index is 13.9. The van der Waals surface area contributed by atoms with Crippen LogP contribution < -0.4 is 15.0 Å². The van der Waals surface area contributed by atoms with Gasteiger partial charge in [0.25, 0.3) is 5.91 Å². The first-order chi connectivity index (χ1) is 17.3. The van der Waals surface area contributed by atoms with Gasteiger partial charge in [0.05, 0.1) is 19.9 Å². The van der Waals surface area contributed by atoms with E-state index >= 15 is 0 Å². The van der Waals surface area contributed by atoms with Crippen molar-refractivity contribution in [1.29, 1.82) is 0 Å². The van der Waals surface area contributed by atoms with Crippen molar-refractivity contribution >= 4 is 17.5 Å². The van der Waals surface area contributed by atoms with E-state index in [1.165, 1.54) is 0 Å². The van der Waals surface area contributed by atoms with Crippen LogP contribution in [0, 0.1) is 13.8 Å². The summed E-state index contributed by atoms with van der Waals surface area (Å²) in [6, 6.07) is 18.6. The fraction of sp³-hybridized carbons (Fsp3) is 0.250. The van der Waals surface area contributed by atoms with Crippen molar-refractivity contribution in [3.8, 4) is 17.2 Å². The van der Waals surface area contributed by atoms with Crippen LogP contribution in [0.25, 0.3) is 11.5 Å². The van der Waals surface area contributed by atoms with Crippen molar-refractivity contribution < 1.29 is 18.7 Å². The van der Waals surface area contributed by atoms with E-state index in [0.717, 1.165) is 22.4 Å². The number of methoxy groups -OCH3 is 1. The number of ether oxygens (including phenoxy) is 1. The quantitative estimate of drug-likeness (QED) is 0.435. The molecule has 184 valence electrons. The second kappa shape index (κ2) is 9.03. The molecule has 1 aliphatic heterocycles. The highest BCUT2D eigenvalue weighted by Crippen LogP contribution is 2.35.